The molecule has 0 radical (unpaired) electrons. The summed E-state index contributed by atoms with van der Waals surface area (Å²) in [5.41, 5.74) is 19.5. The largest absolute Gasteiger partial charge is 0.310 e. The van der Waals surface area contributed by atoms with Gasteiger partial charge in [0.05, 0.1) is 0 Å². The van der Waals surface area contributed by atoms with E-state index in [0.29, 0.717) is 5.71 Å². The highest BCUT2D eigenvalue weighted by Crippen LogP contribution is 2.58. The summed E-state index contributed by atoms with van der Waals surface area (Å²) < 4.78 is 0. The molecule has 0 saturated heterocycles. The van der Waals surface area contributed by atoms with Crippen LogP contribution in [0.4, 0.5) is 17.1 Å². The molecule has 0 saturated carbocycles. The van der Waals surface area contributed by atoms with E-state index < -0.39 is 0 Å². The van der Waals surface area contributed by atoms with Gasteiger partial charge in [-0.2, -0.15) is 0 Å². The number of hydrogen-bond donors (Lipinski definition) is 1. The third-order valence-electron chi connectivity index (χ3n) is 12.1. The first kappa shape index (κ1) is 35.4. The molecule has 10 aromatic carbocycles. The predicted octanol–water partition coefficient (Wildman–Crippen LogP) is 16.2. The molecule has 0 bridgehead atoms. The molecule has 0 atom stereocenters. The van der Waals surface area contributed by atoms with Crippen LogP contribution in [-0.4, -0.2) is 5.71 Å². The lowest BCUT2D eigenvalue weighted by atomic mass is 9.82. The number of hydrogen-bond acceptors (Lipinski definition) is 2. The summed E-state index contributed by atoms with van der Waals surface area (Å²) in [6.07, 6.45) is 0. The van der Waals surface area contributed by atoms with Crippen molar-refractivity contribution in [3.8, 4) is 66.8 Å². The standard InChI is InChI=1S/C58H40N2/c1-38(59)46-25-11-12-26-47(46)42-21-15-24-45(37-42)60(43-22-9-4-10-23-43)44-33-31-39(32-34-44)48-35-36-53-56-49(48)29-16-30-52(56)57-54(40-17-5-2-6-18-40)50-27-13-14-28-51(50)55(58(53)57)41-19-7-3-8-20-41/h2-37,59H,1H3. The summed E-state index contributed by atoms with van der Waals surface area (Å²) >= 11 is 0. The lowest BCUT2D eigenvalue weighted by Crippen LogP contribution is -2.10. The lowest BCUT2D eigenvalue weighted by molar-refractivity contribution is 1.28. The maximum absolute atomic E-state index is 8.45. The normalized spacial score (nSPS) is 11.5. The maximum Gasteiger partial charge on any atom is 0.0467 e. The van der Waals surface area contributed by atoms with Crippen molar-refractivity contribution in [3.63, 3.8) is 0 Å². The zero-order valence-corrected chi connectivity index (χ0v) is 33.2. The van der Waals surface area contributed by atoms with E-state index in [1.54, 1.807) is 0 Å². The van der Waals surface area contributed by atoms with E-state index in [1.807, 2.05) is 25.1 Å². The Bertz CT molecular complexity index is 3170. The van der Waals surface area contributed by atoms with E-state index in [1.165, 1.54) is 77.2 Å². The van der Waals surface area contributed by atoms with Crippen LogP contribution in [0.3, 0.4) is 0 Å². The van der Waals surface area contributed by atoms with Gasteiger partial charge in [0, 0.05) is 28.3 Å². The van der Waals surface area contributed by atoms with Gasteiger partial charge in [0.2, 0.25) is 0 Å². The number of nitrogens with one attached hydrogen (secondary N) is 1. The lowest BCUT2D eigenvalue weighted by Gasteiger charge is -2.26. The molecule has 10 aromatic rings. The molecule has 1 N–H and O–H groups in total. The summed E-state index contributed by atoms with van der Waals surface area (Å²) in [6, 6.07) is 78.8. The number of para-hydroxylation sites is 1. The third kappa shape index (κ3) is 5.76. The minimum atomic E-state index is 0.556. The highest BCUT2D eigenvalue weighted by atomic mass is 15.1. The molecule has 0 spiro atoms. The van der Waals surface area contributed by atoms with Crippen LogP contribution in [0.1, 0.15) is 12.5 Å². The Balaban J connectivity index is 1.07. The molecule has 2 nitrogen and oxygen atoms in total. The first-order valence-corrected chi connectivity index (χ1v) is 20.6. The molecule has 1 aliphatic carbocycles. The van der Waals surface area contributed by atoms with Gasteiger partial charge in [-0.25, -0.2) is 0 Å². The fourth-order valence-electron chi connectivity index (χ4n) is 9.55. The van der Waals surface area contributed by atoms with Crippen LogP contribution in [-0.2, 0) is 0 Å². The summed E-state index contributed by atoms with van der Waals surface area (Å²) in [6.45, 7) is 1.85. The maximum atomic E-state index is 8.45. The minimum absolute atomic E-state index is 0.556. The fraction of sp³-hybridized carbons (Fsp3) is 0.0172. The molecule has 11 rings (SSSR count). The molecule has 1 aliphatic rings. The van der Waals surface area contributed by atoms with Gasteiger partial charge in [-0.05, 0) is 132 Å². The smallest absolute Gasteiger partial charge is 0.0467 e. The van der Waals surface area contributed by atoms with E-state index in [4.69, 9.17) is 5.41 Å². The predicted molar refractivity (Wildman–Crippen MR) is 255 cm³/mol. The highest BCUT2D eigenvalue weighted by molar-refractivity contribution is 6.28. The van der Waals surface area contributed by atoms with Gasteiger partial charge in [-0.15, -0.1) is 0 Å². The average molecular weight is 765 g/mol. The van der Waals surface area contributed by atoms with E-state index in [2.05, 4.69) is 205 Å². The van der Waals surface area contributed by atoms with Crippen LogP contribution >= 0.6 is 0 Å². The van der Waals surface area contributed by atoms with Crippen molar-refractivity contribution in [3.05, 3.63) is 224 Å². The Morgan fingerprint density at radius 2 is 0.800 bits per heavy atom. The van der Waals surface area contributed by atoms with Gasteiger partial charge >= 0.3 is 0 Å². The number of nitrogens with zero attached hydrogens (tertiary/aromatic N) is 1. The van der Waals surface area contributed by atoms with Crippen LogP contribution in [0.2, 0.25) is 0 Å². The number of benzene rings is 10. The Morgan fingerprint density at radius 1 is 0.333 bits per heavy atom. The van der Waals surface area contributed by atoms with E-state index in [0.717, 1.165) is 33.8 Å². The van der Waals surface area contributed by atoms with Gasteiger partial charge in [-0.3, -0.25) is 0 Å². The molecular formula is C58H40N2. The van der Waals surface area contributed by atoms with Crippen LogP contribution < -0.4 is 4.90 Å². The Kier molecular flexibility index (Phi) is 8.57. The van der Waals surface area contributed by atoms with Gasteiger partial charge < -0.3 is 10.3 Å². The van der Waals surface area contributed by atoms with Gasteiger partial charge in [0.15, 0.2) is 0 Å². The number of fused-ring (bicyclic) bond motifs is 4. The van der Waals surface area contributed by atoms with E-state index in [-0.39, 0.29) is 0 Å². The summed E-state index contributed by atoms with van der Waals surface area (Å²) in [5.74, 6) is 0. The molecule has 282 valence electrons. The fourth-order valence-corrected chi connectivity index (χ4v) is 9.55. The zero-order valence-electron chi connectivity index (χ0n) is 33.2. The molecular weight excluding hydrogens is 725 g/mol. The van der Waals surface area contributed by atoms with Gasteiger partial charge in [0.1, 0.15) is 0 Å². The second-order valence-corrected chi connectivity index (χ2v) is 15.6. The summed E-state index contributed by atoms with van der Waals surface area (Å²) in [4.78, 5) is 2.32. The van der Waals surface area contributed by atoms with Crippen molar-refractivity contribution in [2.75, 3.05) is 4.90 Å². The highest BCUT2D eigenvalue weighted by Gasteiger charge is 2.31. The molecule has 0 aliphatic heterocycles. The molecule has 60 heavy (non-hydrogen) atoms. The van der Waals surface area contributed by atoms with E-state index in [9.17, 15) is 0 Å². The second kappa shape index (κ2) is 14.5. The van der Waals surface area contributed by atoms with Crippen LogP contribution in [0, 0.1) is 5.41 Å². The van der Waals surface area contributed by atoms with Crippen LogP contribution in [0.25, 0.3) is 88.3 Å². The summed E-state index contributed by atoms with van der Waals surface area (Å²) in [5, 5.41) is 13.5. The molecule has 0 heterocycles. The van der Waals surface area contributed by atoms with Crippen molar-refractivity contribution in [2.45, 2.75) is 6.92 Å². The molecule has 0 fully saturated rings. The molecule has 0 amide bonds. The van der Waals surface area contributed by atoms with Gasteiger partial charge in [0.25, 0.3) is 0 Å². The minimum Gasteiger partial charge on any atom is -0.310 e. The third-order valence-corrected chi connectivity index (χ3v) is 12.1. The molecule has 0 unspecified atom stereocenters. The first-order valence-electron chi connectivity index (χ1n) is 20.6. The SMILES string of the molecule is CC(=N)c1ccccc1-c1cccc(N(c2ccccc2)c2ccc(-c3ccc4c5c(cccc35)-c3c-4c(-c4ccccc4)c4ccccc4c3-c3ccccc3)cc2)c1. The van der Waals surface area contributed by atoms with Crippen molar-refractivity contribution >= 4 is 44.3 Å². The van der Waals surface area contributed by atoms with Gasteiger partial charge in [-0.1, -0.05) is 182 Å². The summed E-state index contributed by atoms with van der Waals surface area (Å²) in [7, 11) is 0. The van der Waals surface area contributed by atoms with Crippen LogP contribution in [0.5, 0.6) is 0 Å². The Hall–Kier alpha value is -7.81. The van der Waals surface area contributed by atoms with Crippen molar-refractivity contribution < 1.29 is 0 Å². The Morgan fingerprint density at radius 3 is 1.45 bits per heavy atom. The Labute approximate surface area is 350 Å². The van der Waals surface area contributed by atoms with Crippen molar-refractivity contribution in [1.29, 1.82) is 5.41 Å². The monoisotopic (exact) mass is 764 g/mol. The van der Waals surface area contributed by atoms with Crippen molar-refractivity contribution in [2.24, 2.45) is 0 Å². The molecule has 2 heteroatoms. The quantitative estimate of drug-likeness (QED) is 0.153. The number of rotatable bonds is 8. The average Bonchev–Trinajstić information content (AvgIpc) is 3.64. The van der Waals surface area contributed by atoms with Crippen molar-refractivity contribution in [1.82, 2.24) is 0 Å². The number of anilines is 3. The van der Waals surface area contributed by atoms with E-state index >= 15 is 0 Å². The first-order chi connectivity index (χ1) is 29.6. The van der Waals surface area contributed by atoms with Crippen LogP contribution in [0.15, 0.2) is 218 Å². The molecule has 0 aromatic heterocycles. The topological polar surface area (TPSA) is 27.1 Å². The second-order valence-electron chi connectivity index (χ2n) is 15.6. The zero-order chi connectivity index (χ0) is 40.2.